The number of carbonyl (C=O) groups excluding carboxylic acids is 1. The van der Waals surface area contributed by atoms with Crippen LogP contribution < -0.4 is 5.32 Å². The van der Waals surface area contributed by atoms with Gasteiger partial charge in [0.05, 0.1) is 25.4 Å². The van der Waals surface area contributed by atoms with Crippen LogP contribution in [-0.2, 0) is 23.8 Å². The minimum absolute atomic E-state index is 0.868. The van der Waals surface area contributed by atoms with Crippen molar-refractivity contribution in [2.24, 2.45) is 0 Å². The third kappa shape index (κ3) is 7.58. The molecular weight excluding hydrogens is 661 g/mol. The first-order valence-corrected chi connectivity index (χ1v) is 11.6. The number of carboxylic acid groups (broad SMARTS) is 1. The largest absolute Gasteiger partial charge is 0.477 e. The van der Waals surface area contributed by atoms with Crippen molar-refractivity contribution in [1.29, 1.82) is 0 Å². The molecule has 6 N–H and O–H groups in total. The average Bonchev–Trinajstić information content (AvgIpc) is 2.85. The molecule has 1 aliphatic heterocycles. The summed E-state index contributed by atoms with van der Waals surface area (Å²) in [6.07, 6.45) is -19.8. The van der Waals surface area contributed by atoms with Gasteiger partial charge in [0.25, 0.3) is 5.79 Å². The number of hydrogen-bond donors (Lipinski definition) is 6. The lowest BCUT2D eigenvalue weighted by molar-refractivity contribution is -0.440. The predicted octanol–water partition coefficient (Wildman–Crippen LogP) is 1.26. The Balaban J connectivity index is 2.83. The lowest BCUT2D eigenvalue weighted by Gasteiger charge is -2.44. The molecule has 0 aromatic rings. The highest BCUT2D eigenvalue weighted by Gasteiger charge is 2.90. The Labute approximate surface area is 236 Å². The van der Waals surface area contributed by atoms with E-state index in [-0.39, 0.29) is 0 Å². The van der Waals surface area contributed by atoms with E-state index in [0.717, 1.165) is 6.92 Å². The number of carbonyl (C=O) groups is 2. The predicted molar refractivity (Wildman–Crippen MR) is 110 cm³/mol. The Hall–Kier alpha value is -2.25. The van der Waals surface area contributed by atoms with Crippen LogP contribution in [0.5, 0.6) is 0 Å². The van der Waals surface area contributed by atoms with Crippen molar-refractivity contribution in [2.75, 3.05) is 20.0 Å². The summed E-state index contributed by atoms with van der Waals surface area (Å²) in [7, 11) is 0. The lowest BCUT2D eigenvalue weighted by atomic mass is 9.88. The molecule has 44 heavy (non-hydrogen) atoms. The maximum absolute atomic E-state index is 13.7. The van der Waals surface area contributed by atoms with Crippen LogP contribution in [0.2, 0.25) is 0 Å². The summed E-state index contributed by atoms with van der Waals surface area (Å²) in [6.45, 7) is -3.42. The van der Waals surface area contributed by atoms with Gasteiger partial charge in [0.2, 0.25) is 5.91 Å². The quantitative estimate of drug-likeness (QED) is 0.0837. The summed E-state index contributed by atoms with van der Waals surface area (Å²) in [6, 6.07) is -1.65. The molecule has 260 valence electrons. The Bertz CT molecular complexity index is 1020. The van der Waals surface area contributed by atoms with Gasteiger partial charge in [-0.2, -0.15) is 57.1 Å². The number of alkyl halides is 13. The van der Waals surface area contributed by atoms with Crippen LogP contribution >= 0.6 is 0 Å². The highest BCUT2D eigenvalue weighted by atomic mass is 19.4. The van der Waals surface area contributed by atoms with Crippen LogP contribution in [0.1, 0.15) is 19.8 Å². The molecule has 0 spiro atoms. The lowest BCUT2D eigenvalue weighted by Crippen LogP contribution is -2.70. The fourth-order valence-electron chi connectivity index (χ4n) is 3.57. The summed E-state index contributed by atoms with van der Waals surface area (Å²) in [4.78, 5) is 22.6. The molecule has 1 unspecified atom stereocenters. The number of nitrogens with one attached hydrogen (secondary N) is 1. The van der Waals surface area contributed by atoms with Gasteiger partial charge in [-0.15, -0.1) is 0 Å². The first-order chi connectivity index (χ1) is 19.5. The van der Waals surface area contributed by atoms with Crippen molar-refractivity contribution in [2.45, 2.75) is 91.8 Å². The van der Waals surface area contributed by atoms with E-state index >= 15 is 0 Å². The third-order valence-corrected chi connectivity index (χ3v) is 6.03. The van der Waals surface area contributed by atoms with E-state index < -0.39 is 117 Å². The minimum Gasteiger partial charge on any atom is -0.477 e. The molecule has 0 bridgehead atoms. The van der Waals surface area contributed by atoms with Crippen LogP contribution in [0, 0.1) is 0 Å². The van der Waals surface area contributed by atoms with Crippen LogP contribution in [0.4, 0.5) is 57.1 Å². The van der Waals surface area contributed by atoms with Crippen molar-refractivity contribution < 1.29 is 106 Å². The summed E-state index contributed by atoms with van der Waals surface area (Å²) < 4.78 is 184. The smallest absolute Gasteiger partial charge is 0.460 e. The molecule has 0 radical (unpaired) electrons. The SMILES string of the molecule is CC(=O)N[C@H]1[C@H]([C@H](O)[C@H](O)COCOCCC(F)(F)C(F)(F)C(F)(F)C(F)(F)C(F)(F)C(F)(F)F)OC(O)(C(=O)O)C[C@@H]1O. The Morgan fingerprint density at radius 1 is 0.909 bits per heavy atom. The van der Waals surface area contributed by atoms with Gasteiger partial charge < -0.3 is 45.1 Å². The average molecular weight is 685 g/mol. The van der Waals surface area contributed by atoms with E-state index in [2.05, 4.69) is 14.8 Å². The monoisotopic (exact) mass is 685 g/mol. The topological polar surface area (TPSA) is 175 Å². The van der Waals surface area contributed by atoms with Gasteiger partial charge in [0.15, 0.2) is 0 Å². The van der Waals surface area contributed by atoms with Crippen LogP contribution in [0.3, 0.4) is 0 Å². The van der Waals surface area contributed by atoms with Gasteiger partial charge in [-0.1, -0.05) is 0 Å². The van der Waals surface area contributed by atoms with Crippen LogP contribution in [-0.4, -0.2) is 129 Å². The van der Waals surface area contributed by atoms with E-state index in [1.54, 1.807) is 0 Å². The molecule has 0 aliphatic carbocycles. The number of aliphatic carboxylic acids is 1. The molecule has 1 fully saturated rings. The van der Waals surface area contributed by atoms with E-state index in [9.17, 15) is 87.1 Å². The van der Waals surface area contributed by atoms with Gasteiger partial charge in [-0.05, 0) is 0 Å². The van der Waals surface area contributed by atoms with Crippen molar-refractivity contribution in [3.05, 3.63) is 0 Å². The highest BCUT2D eigenvalue weighted by molar-refractivity contribution is 5.76. The second-order valence-electron chi connectivity index (χ2n) is 9.37. The molecule has 1 rings (SSSR count). The molecule has 24 heteroatoms. The van der Waals surface area contributed by atoms with Gasteiger partial charge >= 0.3 is 41.8 Å². The number of amides is 1. The standard InChI is InChI=1S/C20H24F13NO10/c1-7(35)34-10-8(36)4-14(41,13(39)40)44-12(10)11(38)9(37)5-43-6-42-3-2-15(21,22)16(23,24)17(25,26)18(27,28)19(29,30)20(31,32)33/h8-12,36-38,41H,2-6H2,1H3,(H,34,35)(H,39,40)/t8-,9+,10+,11+,12+,14?/m0/s1. The van der Waals surface area contributed by atoms with Gasteiger partial charge in [0, 0.05) is 19.8 Å². The molecule has 11 nitrogen and oxygen atoms in total. The van der Waals surface area contributed by atoms with Gasteiger partial charge in [-0.3, -0.25) is 4.79 Å². The van der Waals surface area contributed by atoms with Crippen molar-refractivity contribution >= 4 is 11.9 Å². The Kier molecular flexibility index (Phi) is 12.0. The molecule has 0 aromatic heterocycles. The van der Waals surface area contributed by atoms with Gasteiger partial charge in [-0.25, -0.2) is 4.79 Å². The third-order valence-electron chi connectivity index (χ3n) is 6.03. The first kappa shape index (κ1) is 39.8. The minimum atomic E-state index is -8.05. The molecular formula is C20H24F13NO10. The summed E-state index contributed by atoms with van der Waals surface area (Å²) >= 11 is 0. The fourth-order valence-corrected chi connectivity index (χ4v) is 3.57. The zero-order valence-electron chi connectivity index (χ0n) is 21.6. The van der Waals surface area contributed by atoms with Gasteiger partial charge in [0.1, 0.15) is 25.1 Å². The van der Waals surface area contributed by atoms with Crippen LogP contribution in [0.15, 0.2) is 0 Å². The Morgan fingerprint density at radius 3 is 1.86 bits per heavy atom. The van der Waals surface area contributed by atoms with E-state index in [4.69, 9.17) is 9.84 Å². The van der Waals surface area contributed by atoms with E-state index in [0.29, 0.717) is 0 Å². The first-order valence-electron chi connectivity index (χ1n) is 11.6. The molecule has 0 saturated carbocycles. The summed E-state index contributed by atoms with van der Waals surface area (Å²) in [5.41, 5.74) is 0. The zero-order chi connectivity index (χ0) is 34.9. The van der Waals surface area contributed by atoms with Crippen molar-refractivity contribution in [3.63, 3.8) is 0 Å². The molecule has 1 aliphatic rings. The number of carboxylic acids is 1. The normalized spacial score (nSPS) is 25.8. The molecule has 6 atom stereocenters. The highest BCUT2D eigenvalue weighted by Crippen LogP contribution is 2.60. The Morgan fingerprint density at radius 2 is 1.41 bits per heavy atom. The summed E-state index contributed by atoms with van der Waals surface area (Å²) in [5.74, 6) is -43.8. The van der Waals surface area contributed by atoms with Crippen molar-refractivity contribution in [1.82, 2.24) is 5.32 Å². The second kappa shape index (κ2) is 13.2. The number of aliphatic hydroxyl groups is 4. The van der Waals surface area contributed by atoms with E-state index in [1.165, 1.54) is 0 Å². The number of ether oxygens (including phenoxy) is 3. The number of aliphatic hydroxyl groups excluding tert-OH is 3. The number of halogens is 13. The van der Waals surface area contributed by atoms with Crippen LogP contribution in [0.25, 0.3) is 0 Å². The van der Waals surface area contributed by atoms with Crippen molar-refractivity contribution in [3.8, 4) is 0 Å². The molecule has 0 aromatic carbocycles. The fraction of sp³-hybridized carbons (Fsp3) is 0.900. The summed E-state index contributed by atoms with van der Waals surface area (Å²) in [5, 5.41) is 51.6. The van der Waals surface area contributed by atoms with E-state index in [1.807, 2.05) is 0 Å². The molecule has 1 amide bonds. The number of hydrogen-bond acceptors (Lipinski definition) is 9. The molecule has 1 heterocycles. The second-order valence-corrected chi connectivity index (χ2v) is 9.37. The molecule has 1 saturated heterocycles. The maximum Gasteiger partial charge on any atom is 0.460 e. The number of rotatable bonds is 15. The zero-order valence-corrected chi connectivity index (χ0v) is 21.6. The maximum atomic E-state index is 13.7.